The molecule has 0 saturated carbocycles. The molecule has 0 aromatic carbocycles. The largest absolute Gasteiger partial charge is 0.346 e. The Morgan fingerprint density at radius 2 is 2.43 bits per heavy atom. The topological polar surface area (TPSA) is 85.1 Å². The molecular weight excluding hydrogens is 186 g/mol. The van der Waals surface area contributed by atoms with Crippen LogP contribution in [0.15, 0.2) is 24.5 Å². The summed E-state index contributed by atoms with van der Waals surface area (Å²) in [5, 5.41) is 12.4. The first-order chi connectivity index (χ1) is 6.68. The van der Waals surface area contributed by atoms with Crippen LogP contribution >= 0.6 is 0 Å². The van der Waals surface area contributed by atoms with Gasteiger partial charge in [-0.15, -0.1) is 0 Å². The number of rotatable bonds is 4. The van der Waals surface area contributed by atoms with Gasteiger partial charge < -0.3 is 5.32 Å². The number of nitrogens with one attached hydrogen (secondary N) is 1. The van der Waals surface area contributed by atoms with E-state index in [9.17, 15) is 14.9 Å². The summed E-state index contributed by atoms with van der Waals surface area (Å²) >= 11 is 0. The van der Waals surface area contributed by atoms with Gasteiger partial charge in [0.05, 0.1) is 0 Å². The van der Waals surface area contributed by atoms with E-state index in [-0.39, 0.29) is 6.54 Å². The van der Waals surface area contributed by atoms with Crippen LogP contribution in [-0.2, 0) is 11.3 Å². The molecule has 1 amide bonds. The quantitative estimate of drug-likeness (QED) is 0.540. The number of aromatic nitrogens is 1. The number of amides is 1. The average molecular weight is 195 g/mol. The minimum atomic E-state index is -0.694. The lowest BCUT2D eigenvalue weighted by Gasteiger charge is -2.01. The van der Waals surface area contributed by atoms with Gasteiger partial charge in [-0.25, -0.2) is 0 Å². The fourth-order valence-electron chi connectivity index (χ4n) is 0.876. The fourth-order valence-corrected chi connectivity index (χ4v) is 0.876. The summed E-state index contributed by atoms with van der Waals surface area (Å²) < 4.78 is 0. The van der Waals surface area contributed by atoms with Gasteiger partial charge in [0.25, 0.3) is 12.5 Å². The van der Waals surface area contributed by atoms with E-state index in [1.54, 1.807) is 24.5 Å². The van der Waals surface area contributed by atoms with Crippen molar-refractivity contribution in [2.75, 3.05) is 6.54 Å². The van der Waals surface area contributed by atoms with Gasteiger partial charge in [-0.05, 0) is 11.6 Å². The van der Waals surface area contributed by atoms with Gasteiger partial charge in [0.2, 0.25) is 0 Å². The summed E-state index contributed by atoms with van der Waals surface area (Å²) in [7, 11) is 0. The van der Waals surface area contributed by atoms with Crippen LogP contribution in [0.2, 0.25) is 0 Å². The third-order valence-electron chi connectivity index (χ3n) is 1.49. The molecule has 14 heavy (non-hydrogen) atoms. The van der Waals surface area contributed by atoms with Crippen LogP contribution in [0.4, 0.5) is 0 Å². The van der Waals surface area contributed by atoms with Crippen molar-refractivity contribution in [1.29, 1.82) is 0 Å². The molecule has 0 bridgehead atoms. The number of pyridine rings is 1. The zero-order valence-electron chi connectivity index (χ0n) is 7.34. The molecular formula is C8H9N3O3. The van der Waals surface area contributed by atoms with E-state index in [2.05, 4.69) is 10.3 Å². The summed E-state index contributed by atoms with van der Waals surface area (Å²) in [4.78, 5) is 24.0. The molecule has 0 aliphatic carbocycles. The number of nitro groups is 1. The van der Waals surface area contributed by atoms with Crippen LogP contribution < -0.4 is 5.32 Å². The van der Waals surface area contributed by atoms with Gasteiger partial charge in [-0.2, -0.15) is 0 Å². The summed E-state index contributed by atoms with van der Waals surface area (Å²) in [6.45, 7) is -0.430. The van der Waals surface area contributed by atoms with Crippen molar-refractivity contribution in [3.05, 3.63) is 40.2 Å². The maximum atomic E-state index is 10.9. The SMILES string of the molecule is O=C(C[N+](=O)[O-])NCc1cccnc1. The molecule has 1 N–H and O–H groups in total. The van der Waals surface area contributed by atoms with Crippen molar-refractivity contribution in [2.45, 2.75) is 6.54 Å². The van der Waals surface area contributed by atoms with Gasteiger partial charge in [0.1, 0.15) is 0 Å². The van der Waals surface area contributed by atoms with Crippen LogP contribution in [0, 0.1) is 10.1 Å². The Labute approximate surface area is 80.1 Å². The lowest BCUT2D eigenvalue weighted by Crippen LogP contribution is -2.29. The highest BCUT2D eigenvalue weighted by molar-refractivity contribution is 5.76. The molecule has 6 heteroatoms. The third kappa shape index (κ3) is 3.61. The Bertz CT molecular complexity index is 326. The molecule has 1 aromatic rings. The molecule has 0 radical (unpaired) electrons. The van der Waals surface area contributed by atoms with E-state index >= 15 is 0 Å². The van der Waals surface area contributed by atoms with E-state index in [1.165, 1.54) is 0 Å². The normalized spacial score (nSPS) is 9.43. The minimum Gasteiger partial charge on any atom is -0.346 e. The number of carbonyl (C=O) groups is 1. The van der Waals surface area contributed by atoms with Crippen molar-refractivity contribution in [3.63, 3.8) is 0 Å². The molecule has 0 aliphatic rings. The first kappa shape index (κ1) is 10.1. The van der Waals surface area contributed by atoms with E-state index in [0.717, 1.165) is 5.56 Å². The molecule has 6 nitrogen and oxygen atoms in total. The molecule has 0 atom stereocenters. The van der Waals surface area contributed by atoms with E-state index in [4.69, 9.17) is 0 Å². The van der Waals surface area contributed by atoms with Crippen molar-refractivity contribution in [2.24, 2.45) is 0 Å². The van der Waals surface area contributed by atoms with E-state index in [0.29, 0.717) is 0 Å². The lowest BCUT2D eigenvalue weighted by molar-refractivity contribution is -0.467. The van der Waals surface area contributed by atoms with Crippen LogP contribution in [0.25, 0.3) is 0 Å². The predicted molar refractivity (Wildman–Crippen MR) is 47.9 cm³/mol. The zero-order valence-corrected chi connectivity index (χ0v) is 7.34. The number of carbonyl (C=O) groups excluding carboxylic acids is 1. The van der Waals surface area contributed by atoms with Gasteiger partial charge in [0, 0.05) is 23.9 Å². The second kappa shape index (κ2) is 4.90. The number of hydrogen-bond donors (Lipinski definition) is 1. The van der Waals surface area contributed by atoms with Crippen LogP contribution in [0.1, 0.15) is 5.56 Å². The van der Waals surface area contributed by atoms with Gasteiger partial charge >= 0.3 is 0 Å². The Morgan fingerprint density at radius 1 is 1.64 bits per heavy atom. The fraction of sp³-hybridized carbons (Fsp3) is 0.250. The lowest BCUT2D eigenvalue weighted by atomic mass is 10.3. The highest BCUT2D eigenvalue weighted by atomic mass is 16.6. The van der Waals surface area contributed by atoms with Crippen molar-refractivity contribution < 1.29 is 9.72 Å². The second-order valence-corrected chi connectivity index (χ2v) is 2.63. The van der Waals surface area contributed by atoms with Crippen molar-refractivity contribution >= 4 is 5.91 Å². The highest BCUT2D eigenvalue weighted by Crippen LogP contribution is 1.93. The van der Waals surface area contributed by atoms with Crippen LogP contribution in [0.5, 0.6) is 0 Å². The maximum absolute atomic E-state index is 10.9. The number of hydrogen-bond acceptors (Lipinski definition) is 4. The summed E-state index contributed by atoms with van der Waals surface area (Å²) in [6, 6.07) is 3.51. The van der Waals surface area contributed by atoms with Gasteiger partial charge in [-0.1, -0.05) is 6.07 Å². The molecule has 1 rings (SSSR count). The Balaban J connectivity index is 2.34. The van der Waals surface area contributed by atoms with E-state index < -0.39 is 17.4 Å². The molecule has 74 valence electrons. The smallest absolute Gasteiger partial charge is 0.292 e. The van der Waals surface area contributed by atoms with E-state index in [1.807, 2.05) is 0 Å². The van der Waals surface area contributed by atoms with Crippen molar-refractivity contribution in [3.8, 4) is 0 Å². The molecule has 0 aliphatic heterocycles. The van der Waals surface area contributed by atoms with Crippen molar-refractivity contribution in [1.82, 2.24) is 10.3 Å². The monoisotopic (exact) mass is 195 g/mol. The molecule has 0 saturated heterocycles. The predicted octanol–water partition coefficient (Wildman–Crippen LogP) is -0.0255. The molecule has 0 fully saturated rings. The summed E-state index contributed by atoms with van der Waals surface area (Å²) in [5.41, 5.74) is 0.809. The Kier molecular flexibility index (Phi) is 3.54. The molecule has 0 unspecified atom stereocenters. The maximum Gasteiger partial charge on any atom is 0.292 e. The minimum absolute atomic E-state index is 0.264. The zero-order chi connectivity index (χ0) is 10.4. The first-order valence-corrected chi connectivity index (χ1v) is 3.96. The highest BCUT2D eigenvalue weighted by Gasteiger charge is 2.07. The summed E-state index contributed by atoms with van der Waals surface area (Å²) in [5.74, 6) is -0.598. The Hall–Kier alpha value is -1.98. The first-order valence-electron chi connectivity index (χ1n) is 3.96. The third-order valence-corrected chi connectivity index (χ3v) is 1.49. The number of nitrogens with zero attached hydrogens (tertiary/aromatic N) is 2. The Morgan fingerprint density at radius 3 is 3.00 bits per heavy atom. The van der Waals surface area contributed by atoms with Crippen LogP contribution in [0.3, 0.4) is 0 Å². The second-order valence-electron chi connectivity index (χ2n) is 2.63. The van der Waals surface area contributed by atoms with Gasteiger partial charge in [-0.3, -0.25) is 19.9 Å². The standard InChI is InChI=1S/C8H9N3O3/c12-8(6-11(13)14)10-5-7-2-1-3-9-4-7/h1-4H,5-6H2,(H,10,12). The average Bonchev–Trinajstić information content (AvgIpc) is 2.15. The molecule has 1 aromatic heterocycles. The van der Waals surface area contributed by atoms with Gasteiger partial charge in [0.15, 0.2) is 0 Å². The molecule has 1 heterocycles. The summed E-state index contributed by atoms with van der Waals surface area (Å²) in [6.07, 6.45) is 3.20. The van der Waals surface area contributed by atoms with Crippen LogP contribution in [-0.4, -0.2) is 22.4 Å². The molecule has 0 spiro atoms.